The van der Waals surface area contributed by atoms with Gasteiger partial charge in [0.2, 0.25) is 0 Å². The second-order valence-corrected chi connectivity index (χ2v) is 7.14. The molecule has 1 aliphatic carbocycles. The van der Waals surface area contributed by atoms with Crippen molar-refractivity contribution in [3.8, 4) is 11.8 Å². The Labute approximate surface area is 139 Å². The Hall–Kier alpha value is -1.79. The van der Waals surface area contributed by atoms with Crippen LogP contribution in [-0.4, -0.2) is 18.1 Å². The van der Waals surface area contributed by atoms with Crippen LogP contribution in [0.1, 0.15) is 50.2 Å². The van der Waals surface area contributed by atoms with Crippen LogP contribution >= 0.6 is 0 Å². The minimum absolute atomic E-state index is 0.187. The van der Waals surface area contributed by atoms with Crippen LogP contribution in [0.4, 0.5) is 0 Å². The monoisotopic (exact) mass is 310 g/mol. The van der Waals surface area contributed by atoms with E-state index in [0.29, 0.717) is 5.92 Å². The molecular weight excluding hydrogens is 284 g/mol. The Morgan fingerprint density at radius 3 is 2.96 bits per heavy atom. The molecule has 3 atom stereocenters. The summed E-state index contributed by atoms with van der Waals surface area (Å²) in [6.07, 6.45) is 6.32. The first-order valence-corrected chi connectivity index (χ1v) is 8.73. The van der Waals surface area contributed by atoms with Gasteiger partial charge >= 0.3 is 0 Å². The van der Waals surface area contributed by atoms with Crippen molar-refractivity contribution in [3.05, 3.63) is 35.4 Å². The molecule has 3 rings (SSSR count). The highest BCUT2D eigenvalue weighted by atomic mass is 16.1. The topological polar surface area (TPSA) is 41.1 Å². The van der Waals surface area contributed by atoms with Crippen molar-refractivity contribution in [2.45, 2.75) is 51.6 Å². The molecule has 2 N–H and O–H groups in total. The predicted molar refractivity (Wildman–Crippen MR) is 92.7 cm³/mol. The highest BCUT2D eigenvalue weighted by Crippen LogP contribution is 2.40. The zero-order chi connectivity index (χ0) is 16.3. The van der Waals surface area contributed by atoms with Crippen molar-refractivity contribution in [2.75, 3.05) is 6.54 Å². The van der Waals surface area contributed by atoms with Crippen LogP contribution in [0.5, 0.6) is 0 Å². The molecule has 1 amide bonds. The van der Waals surface area contributed by atoms with Crippen LogP contribution in [0.2, 0.25) is 0 Å². The molecular formula is C20H26N2O. The lowest BCUT2D eigenvalue weighted by molar-refractivity contribution is -0.119. The molecule has 23 heavy (non-hydrogen) atoms. The highest BCUT2D eigenvalue weighted by Gasteiger charge is 2.43. The third kappa shape index (κ3) is 3.76. The average molecular weight is 310 g/mol. The van der Waals surface area contributed by atoms with E-state index in [9.17, 15) is 4.79 Å². The third-order valence-corrected chi connectivity index (χ3v) is 5.37. The first kappa shape index (κ1) is 16.1. The molecule has 1 aliphatic heterocycles. The van der Waals surface area contributed by atoms with E-state index in [1.807, 2.05) is 31.2 Å². The summed E-state index contributed by atoms with van der Waals surface area (Å²) in [5.41, 5.74) is 1.72. The Balaban J connectivity index is 1.69. The molecule has 1 aromatic rings. The molecule has 0 spiro atoms. The van der Waals surface area contributed by atoms with E-state index >= 15 is 0 Å². The fraction of sp³-hybridized carbons (Fsp3) is 0.550. The van der Waals surface area contributed by atoms with Gasteiger partial charge in [-0.25, -0.2) is 0 Å². The maximum absolute atomic E-state index is 12.3. The summed E-state index contributed by atoms with van der Waals surface area (Å²) in [6.45, 7) is 5.13. The van der Waals surface area contributed by atoms with Gasteiger partial charge in [0.05, 0.1) is 5.66 Å². The molecule has 1 saturated carbocycles. The second-order valence-electron chi connectivity index (χ2n) is 7.14. The van der Waals surface area contributed by atoms with Crippen LogP contribution in [0.3, 0.4) is 0 Å². The van der Waals surface area contributed by atoms with Crippen LogP contribution in [0.15, 0.2) is 24.3 Å². The number of amides is 1. The number of hydrogen-bond acceptors (Lipinski definition) is 2. The molecule has 2 aliphatic rings. The van der Waals surface area contributed by atoms with Crippen molar-refractivity contribution < 1.29 is 4.79 Å². The van der Waals surface area contributed by atoms with Crippen molar-refractivity contribution in [1.82, 2.24) is 10.6 Å². The number of benzene rings is 1. The van der Waals surface area contributed by atoms with E-state index in [1.54, 1.807) is 0 Å². The summed E-state index contributed by atoms with van der Waals surface area (Å²) >= 11 is 0. The molecule has 0 radical (unpaired) electrons. The standard InChI is InChI=1S/C20H26N2O/c1-15-6-5-7-16(14-15)10-11-19(23)22-20(2)18-9-4-3-8-17(18)12-13-21-20/h5-7,14,17-18,21H,3-4,8-9,12-13H2,1-2H3,(H,22,23). The maximum Gasteiger partial charge on any atom is 0.297 e. The van der Waals surface area contributed by atoms with E-state index in [0.717, 1.165) is 23.6 Å². The number of hydrogen-bond donors (Lipinski definition) is 2. The van der Waals surface area contributed by atoms with E-state index < -0.39 is 0 Å². The fourth-order valence-corrected chi connectivity index (χ4v) is 4.22. The minimum atomic E-state index is -0.318. The lowest BCUT2D eigenvalue weighted by atomic mass is 9.69. The maximum atomic E-state index is 12.3. The largest absolute Gasteiger partial charge is 0.327 e. The molecule has 0 aromatic heterocycles. The van der Waals surface area contributed by atoms with E-state index in [-0.39, 0.29) is 11.6 Å². The number of piperidine rings is 1. The summed E-state index contributed by atoms with van der Waals surface area (Å²) in [5, 5.41) is 6.69. The van der Waals surface area contributed by atoms with Gasteiger partial charge in [-0.1, -0.05) is 30.9 Å². The normalized spacial score (nSPS) is 29.8. The molecule has 3 heteroatoms. The molecule has 122 valence electrons. The summed E-state index contributed by atoms with van der Waals surface area (Å²) in [7, 11) is 0. The van der Waals surface area contributed by atoms with Crippen molar-refractivity contribution in [2.24, 2.45) is 11.8 Å². The third-order valence-electron chi connectivity index (χ3n) is 5.37. The quantitative estimate of drug-likeness (QED) is 0.783. The van der Waals surface area contributed by atoms with E-state index in [2.05, 4.69) is 29.4 Å². The van der Waals surface area contributed by atoms with E-state index in [1.165, 1.54) is 32.1 Å². The number of carbonyl (C=O) groups is 1. The zero-order valence-corrected chi connectivity index (χ0v) is 14.1. The fourth-order valence-electron chi connectivity index (χ4n) is 4.22. The molecule has 1 heterocycles. The summed E-state index contributed by atoms with van der Waals surface area (Å²) in [5.74, 6) is 6.80. The van der Waals surface area contributed by atoms with Crippen molar-refractivity contribution in [1.29, 1.82) is 0 Å². The second kappa shape index (κ2) is 6.76. The van der Waals surface area contributed by atoms with Crippen LogP contribution in [-0.2, 0) is 4.79 Å². The number of nitrogens with one attached hydrogen (secondary N) is 2. The summed E-state index contributed by atoms with van der Waals surface area (Å²) in [6, 6.07) is 7.93. The minimum Gasteiger partial charge on any atom is -0.327 e. The summed E-state index contributed by atoms with van der Waals surface area (Å²) < 4.78 is 0. The Morgan fingerprint density at radius 2 is 2.13 bits per heavy atom. The first-order chi connectivity index (χ1) is 11.1. The molecule has 1 saturated heterocycles. The number of carbonyl (C=O) groups excluding carboxylic acids is 1. The average Bonchev–Trinajstić information content (AvgIpc) is 2.53. The van der Waals surface area contributed by atoms with Gasteiger partial charge < -0.3 is 5.32 Å². The van der Waals surface area contributed by atoms with Gasteiger partial charge in [0.15, 0.2) is 0 Å². The van der Waals surface area contributed by atoms with Crippen LogP contribution < -0.4 is 10.6 Å². The van der Waals surface area contributed by atoms with Gasteiger partial charge in [-0.05, 0) is 69.2 Å². The van der Waals surface area contributed by atoms with Crippen molar-refractivity contribution in [3.63, 3.8) is 0 Å². The molecule has 2 fully saturated rings. The SMILES string of the molecule is Cc1cccc(C#CC(=O)NC2(C)NCCC3CCCCC32)c1. The molecule has 0 bridgehead atoms. The number of rotatable bonds is 1. The highest BCUT2D eigenvalue weighted by molar-refractivity contribution is 5.94. The number of fused-ring (bicyclic) bond motifs is 1. The number of aryl methyl sites for hydroxylation is 1. The van der Waals surface area contributed by atoms with Gasteiger partial charge in [0.1, 0.15) is 0 Å². The molecule has 3 nitrogen and oxygen atoms in total. The Kier molecular flexibility index (Phi) is 4.73. The van der Waals surface area contributed by atoms with Crippen LogP contribution in [0, 0.1) is 30.6 Å². The molecule has 3 unspecified atom stereocenters. The lowest BCUT2D eigenvalue weighted by Gasteiger charge is -2.49. The van der Waals surface area contributed by atoms with E-state index in [4.69, 9.17) is 0 Å². The van der Waals surface area contributed by atoms with Gasteiger partial charge in [-0.15, -0.1) is 0 Å². The lowest BCUT2D eigenvalue weighted by Crippen LogP contribution is -2.66. The van der Waals surface area contributed by atoms with Crippen molar-refractivity contribution >= 4 is 5.91 Å². The predicted octanol–water partition coefficient (Wildman–Crippen LogP) is 2.98. The Bertz CT molecular complexity index is 641. The van der Waals surface area contributed by atoms with Gasteiger partial charge in [0, 0.05) is 11.5 Å². The molecule has 1 aromatic carbocycles. The zero-order valence-electron chi connectivity index (χ0n) is 14.1. The smallest absolute Gasteiger partial charge is 0.297 e. The van der Waals surface area contributed by atoms with Gasteiger partial charge in [-0.3, -0.25) is 10.1 Å². The first-order valence-electron chi connectivity index (χ1n) is 8.73. The van der Waals surface area contributed by atoms with Crippen LogP contribution in [0.25, 0.3) is 0 Å². The Morgan fingerprint density at radius 1 is 1.30 bits per heavy atom. The van der Waals surface area contributed by atoms with Gasteiger partial charge in [-0.2, -0.15) is 0 Å². The summed E-state index contributed by atoms with van der Waals surface area (Å²) in [4.78, 5) is 12.3. The van der Waals surface area contributed by atoms with Gasteiger partial charge in [0.25, 0.3) is 5.91 Å².